The number of aromatic nitrogens is 1. The van der Waals surface area contributed by atoms with Crippen LogP contribution in [0.3, 0.4) is 0 Å². The quantitative estimate of drug-likeness (QED) is 0.522. The van der Waals surface area contributed by atoms with Crippen molar-refractivity contribution in [3.63, 3.8) is 0 Å². The summed E-state index contributed by atoms with van der Waals surface area (Å²) in [7, 11) is -4.27. The van der Waals surface area contributed by atoms with E-state index >= 15 is 0 Å². The van der Waals surface area contributed by atoms with Crippen LogP contribution >= 0.6 is 0 Å². The molecule has 0 saturated carbocycles. The van der Waals surface area contributed by atoms with Crippen molar-refractivity contribution in [3.05, 3.63) is 95.6 Å². The fourth-order valence-corrected chi connectivity index (χ4v) is 2.70. The molecular weight excluding hydrogens is 353 g/mol. The van der Waals surface area contributed by atoms with Gasteiger partial charge in [-0.1, -0.05) is 42.0 Å². The van der Waals surface area contributed by atoms with Crippen LogP contribution in [-0.2, 0) is 16.7 Å². The Kier molecular flexibility index (Phi) is 6.60. The second kappa shape index (κ2) is 8.69. The summed E-state index contributed by atoms with van der Waals surface area (Å²) in [6, 6.07) is 16.9. The van der Waals surface area contributed by atoms with E-state index in [1.165, 1.54) is 35.4 Å². The monoisotopic (exact) mass is 373 g/mol. The molecular formula is C20H20FNO3S. The van der Waals surface area contributed by atoms with E-state index in [1.807, 2.05) is 23.6 Å². The second-order valence-electron chi connectivity index (χ2n) is 5.88. The number of rotatable bonds is 3. The normalized spacial score (nSPS) is 10.8. The Labute approximate surface area is 153 Å². The smallest absolute Gasteiger partial charge is 0.174 e. The summed E-state index contributed by atoms with van der Waals surface area (Å²) in [4.78, 5) is -0.178. The summed E-state index contributed by atoms with van der Waals surface area (Å²) in [6.07, 6.45) is 3.50. The molecule has 0 saturated heterocycles. The summed E-state index contributed by atoms with van der Waals surface area (Å²) >= 11 is 0. The molecule has 0 amide bonds. The predicted octanol–water partition coefficient (Wildman–Crippen LogP) is 3.37. The lowest BCUT2D eigenvalue weighted by Gasteiger charge is -2.05. The van der Waals surface area contributed by atoms with E-state index in [1.54, 1.807) is 24.5 Å². The van der Waals surface area contributed by atoms with E-state index in [4.69, 9.17) is 0 Å². The number of halogens is 1. The minimum absolute atomic E-state index is 0.178. The standard InChI is InChI=1S/C13H13FN.C7H8O3S/c1-11-4-2-3-5-12(11)10-15-8-6-13(14)7-9-15;1-6-2-4-7(5-3-6)11(8,9)10/h2-9H,10H2,1H3;2-5H,1H3,(H,8,9,10)/q+1;/p-1. The highest BCUT2D eigenvalue weighted by molar-refractivity contribution is 7.85. The first-order valence-corrected chi connectivity index (χ1v) is 9.38. The third-order valence-electron chi connectivity index (χ3n) is 3.77. The average Bonchev–Trinajstić information content (AvgIpc) is 2.59. The second-order valence-corrected chi connectivity index (χ2v) is 7.26. The molecule has 0 N–H and O–H groups in total. The highest BCUT2D eigenvalue weighted by Crippen LogP contribution is 2.08. The van der Waals surface area contributed by atoms with Crippen molar-refractivity contribution in [2.45, 2.75) is 25.3 Å². The van der Waals surface area contributed by atoms with E-state index in [-0.39, 0.29) is 10.7 Å². The number of benzene rings is 2. The van der Waals surface area contributed by atoms with Gasteiger partial charge in [0.25, 0.3) is 0 Å². The van der Waals surface area contributed by atoms with Crippen LogP contribution < -0.4 is 4.57 Å². The Balaban J connectivity index is 0.000000197. The first-order chi connectivity index (χ1) is 12.3. The maximum atomic E-state index is 12.7. The number of nitrogens with zero attached hydrogens (tertiary/aromatic N) is 1. The SMILES string of the molecule is Cc1ccc(S(=O)(=O)[O-])cc1.Cc1ccccc1C[n+]1ccc(F)cc1. The number of aryl methyl sites for hydroxylation is 2. The minimum atomic E-state index is -4.27. The van der Waals surface area contributed by atoms with Gasteiger partial charge in [0.15, 0.2) is 18.9 Å². The molecule has 0 spiro atoms. The zero-order valence-electron chi connectivity index (χ0n) is 14.6. The molecule has 0 aliphatic carbocycles. The third-order valence-corrected chi connectivity index (χ3v) is 4.62. The Bertz CT molecular complexity index is 953. The summed E-state index contributed by atoms with van der Waals surface area (Å²) in [6.45, 7) is 4.69. The molecule has 0 unspecified atom stereocenters. The van der Waals surface area contributed by atoms with Gasteiger partial charge in [-0.15, -0.1) is 0 Å². The van der Waals surface area contributed by atoms with Crippen molar-refractivity contribution < 1.29 is 21.9 Å². The molecule has 0 aliphatic heterocycles. The Morgan fingerprint density at radius 2 is 1.50 bits per heavy atom. The molecule has 136 valence electrons. The zero-order chi connectivity index (χ0) is 19.2. The fourth-order valence-electron chi connectivity index (χ4n) is 2.23. The van der Waals surface area contributed by atoms with Gasteiger partial charge in [-0.05, 0) is 31.5 Å². The predicted molar refractivity (Wildman–Crippen MR) is 96.0 cm³/mol. The van der Waals surface area contributed by atoms with Crippen LogP contribution in [0, 0.1) is 19.7 Å². The lowest BCUT2D eigenvalue weighted by atomic mass is 10.1. The van der Waals surface area contributed by atoms with E-state index in [2.05, 4.69) is 19.1 Å². The molecule has 0 aliphatic rings. The van der Waals surface area contributed by atoms with Crippen molar-refractivity contribution in [2.75, 3.05) is 0 Å². The number of pyridine rings is 1. The van der Waals surface area contributed by atoms with Crippen LogP contribution in [0.5, 0.6) is 0 Å². The van der Waals surface area contributed by atoms with E-state index < -0.39 is 10.1 Å². The molecule has 0 fully saturated rings. The van der Waals surface area contributed by atoms with E-state index in [0.29, 0.717) is 0 Å². The number of hydrogen-bond acceptors (Lipinski definition) is 3. The van der Waals surface area contributed by atoms with Gasteiger partial charge < -0.3 is 4.55 Å². The summed E-state index contributed by atoms with van der Waals surface area (Å²) in [5.74, 6) is -0.198. The third kappa shape index (κ3) is 6.06. The summed E-state index contributed by atoms with van der Waals surface area (Å²) < 4.78 is 45.8. The molecule has 1 heterocycles. The molecule has 0 radical (unpaired) electrons. The van der Waals surface area contributed by atoms with Gasteiger partial charge >= 0.3 is 0 Å². The maximum Gasteiger partial charge on any atom is 0.174 e. The van der Waals surface area contributed by atoms with Gasteiger partial charge in [-0.25, -0.2) is 17.4 Å². The Morgan fingerprint density at radius 1 is 0.923 bits per heavy atom. The first-order valence-electron chi connectivity index (χ1n) is 7.97. The van der Waals surface area contributed by atoms with Crippen molar-refractivity contribution in [2.24, 2.45) is 0 Å². The van der Waals surface area contributed by atoms with Crippen molar-refractivity contribution >= 4 is 10.1 Å². The largest absolute Gasteiger partial charge is 0.744 e. The summed E-state index contributed by atoms with van der Waals surface area (Å²) in [5, 5.41) is 0. The topological polar surface area (TPSA) is 61.1 Å². The van der Waals surface area contributed by atoms with Gasteiger partial charge in [0.1, 0.15) is 15.9 Å². The van der Waals surface area contributed by atoms with Crippen molar-refractivity contribution in [1.29, 1.82) is 0 Å². The summed E-state index contributed by atoms with van der Waals surface area (Å²) in [5.41, 5.74) is 3.45. The Morgan fingerprint density at radius 3 is 2.04 bits per heavy atom. The van der Waals surface area contributed by atoms with Crippen LogP contribution in [0.1, 0.15) is 16.7 Å². The van der Waals surface area contributed by atoms with Crippen LogP contribution in [0.25, 0.3) is 0 Å². The van der Waals surface area contributed by atoms with Gasteiger partial charge in [0.05, 0.1) is 4.90 Å². The molecule has 4 nitrogen and oxygen atoms in total. The lowest BCUT2D eigenvalue weighted by molar-refractivity contribution is -0.688. The van der Waals surface area contributed by atoms with Gasteiger partial charge in [-0.3, -0.25) is 0 Å². The maximum absolute atomic E-state index is 12.7. The molecule has 3 rings (SSSR count). The lowest BCUT2D eigenvalue weighted by Crippen LogP contribution is -2.33. The number of hydrogen-bond donors (Lipinski definition) is 0. The van der Waals surface area contributed by atoms with Crippen LogP contribution in [0.2, 0.25) is 0 Å². The highest BCUT2D eigenvalue weighted by Gasteiger charge is 2.04. The highest BCUT2D eigenvalue weighted by atomic mass is 32.2. The van der Waals surface area contributed by atoms with Crippen molar-refractivity contribution in [1.82, 2.24) is 0 Å². The van der Waals surface area contributed by atoms with Gasteiger partial charge in [0.2, 0.25) is 0 Å². The van der Waals surface area contributed by atoms with E-state index in [9.17, 15) is 17.4 Å². The fraction of sp³-hybridized carbons (Fsp3) is 0.150. The molecule has 26 heavy (non-hydrogen) atoms. The zero-order valence-corrected chi connectivity index (χ0v) is 15.4. The molecule has 0 bridgehead atoms. The van der Waals surface area contributed by atoms with E-state index in [0.717, 1.165) is 12.1 Å². The molecule has 3 aromatic rings. The minimum Gasteiger partial charge on any atom is -0.744 e. The Hall–Kier alpha value is -2.57. The van der Waals surface area contributed by atoms with Crippen LogP contribution in [0.4, 0.5) is 4.39 Å². The molecule has 2 aromatic carbocycles. The van der Waals surface area contributed by atoms with Gasteiger partial charge in [-0.2, -0.15) is 0 Å². The average molecular weight is 373 g/mol. The molecule has 0 atom stereocenters. The van der Waals surface area contributed by atoms with Crippen LogP contribution in [-0.4, -0.2) is 13.0 Å². The van der Waals surface area contributed by atoms with Gasteiger partial charge in [0, 0.05) is 17.7 Å². The first kappa shape index (κ1) is 19.8. The molecule has 6 heteroatoms. The molecule has 1 aromatic heterocycles. The van der Waals surface area contributed by atoms with Crippen molar-refractivity contribution in [3.8, 4) is 0 Å². The van der Waals surface area contributed by atoms with Crippen LogP contribution in [0.15, 0.2) is 78.0 Å².